The van der Waals surface area contributed by atoms with E-state index in [0.29, 0.717) is 33.9 Å². The molecule has 192 valence electrons. The van der Waals surface area contributed by atoms with E-state index >= 15 is 0 Å². The number of carbonyl (C=O) groups excluding carboxylic acids is 2. The Kier molecular flexibility index (Phi) is 8.58. The predicted molar refractivity (Wildman–Crippen MR) is 145 cm³/mol. The van der Waals surface area contributed by atoms with Gasteiger partial charge in [0.15, 0.2) is 0 Å². The summed E-state index contributed by atoms with van der Waals surface area (Å²) in [5, 5.41) is 13.3. The molecule has 1 unspecified atom stereocenters. The summed E-state index contributed by atoms with van der Waals surface area (Å²) in [6.45, 7) is 3.38. The van der Waals surface area contributed by atoms with Gasteiger partial charge < -0.3 is 20.1 Å². The predicted octanol–water partition coefficient (Wildman–Crippen LogP) is 5.09. The number of hydrogen-bond donors (Lipinski definition) is 3. The maximum atomic E-state index is 13.3. The Labute approximate surface area is 220 Å². The Morgan fingerprint density at radius 3 is 2.46 bits per heavy atom. The van der Waals surface area contributed by atoms with E-state index in [9.17, 15) is 14.7 Å². The van der Waals surface area contributed by atoms with E-state index in [0.717, 1.165) is 16.7 Å². The summed E-state index contributed by atoms with van der Waals surface area (Å²) in [5.74, 6) is -0.870. The van der Waals surface area contributed by atoms with Crippen molar-refractivity contribution >= 4 is 34.5 Å². The molecule has 0 bridgehead atoms. The van der Waals surface area contributed by atoms with Gasteiger partial charge in [-0.15, -0.1) is 0 Å². The second-order valence-electron chi connectivity index (χ2n) is 8.98. The van der Waals surface area contributed by atoms with Crippen LogP contribution in [0.5, 0.6) is 0 Å². The lowest BCUT2D eigenvalue weighted by Crippen LogP contribution is -2.40. The molecule has 0 aliphatic rings. The van der Waals surface area contributed by atoms with Gasteiger partial charge in [-0.25, -0.2) is 4.98 Å². The second-order valence-corrected chi connectivity index (χ2v) is 9.39. The number of amides is 1. The maximum Gasteiger partial charge on any atom is 0.311 e. The molecule has 37 heavy (non-hydrogen) atoms. The van der Waals surface area contributed by atoms with Gasteiger partial charge in [0, 0.05) is 11.6 Å². The normalized spacial score (nSPS) is 12.8. The number of aliphatic hydroxyl groups is 1. The molecule has 3 aromatic carbocycles. The zero-order valence-corrected chi connectivity index (χ0v) is 21.6. The van der Waals surface area contributed by atoms with Crippen LogP contribution in [0, 0.1) is 12.8 Å². The maximum absolute atomic E-state index is 13.3. The van der Waals surface area contributed by atoms with Crippen molar-refractivity contribution in [2.45, 2.75) is 32.7 Å². The van der Waals surface area contributed by atoms with Crippen LogP contribution < -0.4 is 5.32 Å². The Morgan fingerprint density at radius 1 is 1.08 bits per heavy atom. The van der Waals surface area contributed by atoms with E-state index < -0.39 is 17.9 Å². The lowest BCUT2D eigenvalue weighted by molar-refractivity contribution is -0.149. The van der Waals surface area contributed by atoms with Crippen LogP contribution in [0.3, 0.4) is 0 Å². The lowest BCUT2D eigenvalue weighted by atomic mass is 9.94. The molecule has 4 aromatic rings. The average Bonchev–Trinajstić information content (AvgIpc) is 3.29. The van der Waals surface area contributed by atoms with E-state index in [4.69, 9.17) is 16.3 Å². The topological polar surface area (TPSA) is 104 Å². The SMILES string of the molecule is CCOC(=O)[C@@H](CO)CC(Cc1ccc(-c2ccccc2)cc1)NC(=O)c1cc(Cl)c2nc(C)[nH]c2c1. The van der Waals surface area contributed by atoms with Gasteiger partial charge in [-0.05, 0) is 55.5 Å². The summed E-state index contributed by atoms with van der Waals surface area (Å²) in [6, 6.07) is 21.0. The molecule has 1 aromatic heterocycles. The standard InChI is InChI=1S/C29H30ClN3O4/c1-3-37-29(36)23(17-34)14-24(13-19-9-11-21(12-10-19)20-7-5-4-6-8-20)33-28(35)22-15-25(30)27-26(16-22)31-18(2)32-27/h4-12,15-16,23-24,34H,3,13-14,17H2,1-2H3,(H,31,32)(H,33,35)/t23-,24?/m1/s1. The first kappa shape index (κ1) is 26.4. The number of aromatic nitrogens is 2. The van der Waals surface area contributed by atoms with Crippen LogP contribution >= 0.6 is 11.6 Å². The number of benzene rings is 3. The zero-order chi connectivity index (χ0) is 26.4. The molecule has 0 aliphatic carbocycles. The Bertz CT molecular complexity index is 1370. The fraction of sp³-hybridized carbons (Fsp3) is 0.276. The van der Waals surface area contributed by atoms with Gasteiger partial charge in [0.2, 0.25) is 0 Å². The molecular formula is C29H30ClN3O4. The van der Waals surface area contributed by atoms with Crippen LogP contribution in [-0.2, 0) is 16.0 Å². The molecule has 0 saturated heterocycles. The summed E-state index contributed by atoms with van der Waals surface area (Å²) in [5.41, 5.74) is 4.84. The van der Waals surface area contributed by atoms with Crippen LogP contribution in [0.1, 0.15) is 35.1 Å². The van der Waals surface area contributed by atoms with Crippen molar-refractivity contribution in [3.05, 3.63) is 88.7 Å². The molecule has 4 rings (SSSR count). The van der Waals surface area contributed by atoms with Gasteiger partial charge in [-0.2, -0.15) is 0 Å². The highest BCUT2D eigenvalue weighted by atomic mass is 35.5. The van der Waals surface area contributed by atoms with Crippen molar-refractivity contribution in [2.24, 2.45) is 5.92 Å². The molecule has 0 saturated carbocycles. The number of H-pyrrole nitrogens is 1. The lowest BCUT2D eigenvalue weighted by Gasteiger charge is -2.23. The summed E-state index contributed by atoms with van der Waals surface area (Å²) in [6.07, 6.45) is 0.691. The highest BCUT2D eigenvalue weighted by molar-refractivity contribution is 6.35. The number of imidazole rings is 1. The van der Waals surface area contributed by atoms with Crippen LogP contribution in [0.15, 0.2) is 66.7 Å². The Hall–Kier alpha value is -3.68. The van der Waals surface area contributed by atoms with Crippen molar-refractivity contribution in [2.75, 3.05) is 13.2 Å². The summed E-state index contributed by atoms with van der Waals surface area (Å²) in [7, 11) is 0. The van der Waals surface area contributed by atoms with Crippen molar-refractivity contribution in [3.8, 4) is 11.1 Å². The van der Waals surface area contributed by atoms with Gasteiger partial charge in [0.1, 0.15) is 11.3 Å². The molecule has 0 fully saturated rings. The van der Waals surface area contributed by atoms with Crippen molar-refractivity contribution in [1.82, 2.24) is 15.3 Å². The molecule has 3 N–H and O–H groups in total. The smallest absolute Gasteiger partial charge is 0.311 e. The molecule has 0 spiro atoms. The summed E-state index contributed by atoms with van der Waals surface area (Å²) >= 11 is 6.38. The second kappa shape index (κ2) is 12.0. The number of aryl methyl sites for hydroxylation is 1. The molecule has 0 aliphatic heterocycles. The molecular weight excluding hydrogens is 490 g/mol. The molecule has 7 nitrogen and oxygen atoms in total. The van der Waals surface area contributed by atoms with Crippen LogP contribution in [0.25, 0.3) is 22.2 Å². The summed E-state index contributed by atoms with van der Waals surface area (Å²) in [4.78, 5) is 33.1. The quantitative estimate of drug-likeness (QED) is 0.253. The largest absolute Gasteiger partial charge is 0.466 e. The van der Waals surface area contributed by atoms with Crippen molar-refractivity contribution in [1.29, 1.82) is 0 Å². The van der Waals surface area contributed by atoms with Gasteiger partial charge in [0.25, 0.3) is 5.91 Å². The monoisotopic (exact) mass is 519 g/mol. The first-order chi connectivity index (χ1) is 17.9. The Balaban J connectivity index is 1.56. The van der Waals surface area contributed by atoms with Crippen LogP contribution in [-0.4, -0.2) is 46.2 Å². The molecule has 0 radical (unpaired) electrons. The number of rotatable bonds is 10. The third kappa shape index (κ3) is 6.56. The average molecular weight is 520 g/mol. The third-order valence-electron chi connectivity index (χ3n) is 6.21. The van der Waals surface area contributed by atoms with Gasteiger partial charge in [-0.3, -0.25) is 9.59 Å². The Morgan fingerprint density at radius 2 is 1.78 bits per heavy atom. The van der Waals surface area contributed by atoms with Crippen molar-refractivity contribution in [3.63, 3.8) is 0 Å². The first-order valence-electron chi connectivity index (χ1n) is 12.3. The zero-order valence-electron chi connectivity index (χ0n) is 20.8. The number of fused-ring (bicyclic) bond motifs is 1. The summed E-state index contributed by atoms with van der Waals surface area (Å²) < 4.78 is 5.13. The van der Waals surface area contributed by atoms with E-state index in [2.05, 4.69) is 15.3 Å². The number of aromatic amines is 1. The minimum atomic E-state index is -0.754. The highest BCUT2D eigenvalue weighted by Gasteiger charge is 2.26. The van der Waals surface area contributed by atoms with Gasteiger partial charge >= 0.3 is 5.97 Å². The number of hydrogen-bond acceptors (Lipinski definition) is 5. The minimum Gasteiger partial charge on any atom is -0.466 e. The van der Waals surface area contributed by atoms with Gasteiger partial charge in [0.05, 0.1) is 29.7 Å². The minimum absolute atomic E-state index is 0.218. The molecule has 1 amide bonds. The first-order valence-corrected chi connectivity index (χ1v) is 12.6. The fourth-order valence-electron chi connectivity index (χ4n) is 4.39. The van der Waals surface area contributed by atoms with Crippen LogP contribution in [0.4, 0.5) is 0 Å². The molecule has 8 heteroatoms. The number of aliphatic hydroxyl groups excluding tert-OH is 1. The number of halogens is 1. The van der Waals surface area contributed by atoms with E-state index in [1.807, 2.05) is 61.5 Å². The number of carbonyl (C=O) groups is 2. The fourth-order valence-corrected chi connectivity index (χ4v) is 4.65. The number of nitrogens with zero attached hydrogens (tertiary/aromatic N) is 1. The number of esters is 1. The van der Waals surface area contributed by atoms with Crippen molar-refractivity contribution < 1.29 is 19.4 Å². The number of ether oxygens (including phenoxy) is 1. The number of nitrogens with one attached hydrogen (secondary N) is 2. The van der Waals surface area contributed by atoms with E-state index in [-0.39, 0.29) is 25.5 Å². The highest BCUT2D eigenvalue weighted by Crippen LogP contribution is 2.25. The molecule has 2 atom stereocenters. The van der Waals surface area contributed by atoms with E-state index in [1.165, 1.54) is 0 Å². The van der Waals surface area contributed by atoms with Gasteiger partial charge in [-0.1, -0.05) is 66.2 Å². The van der Waals surface area contributed by atoms with Crippen LogP contribution in [0.2, 0.25) is 5.02 Å². The third-order valence-corrected chi connectivity index (χ3v) is 6.50. The molecule has 1 heterocycles. The van der Waals surface area contributed by atoms with E-state index in [1.54, 1.807) is 19.1 Å².